The van der Waals surface area contributed by atoms with Crippen molar-refractivity contribution in [2.75, 3.05) is 29.0 Å². The number of thioether (sulfide) groups is 3. The molecule has 1 rings (SSSR count). The molecule has 1 atom stereocenters. The van der Waals surface area contributed by atoms with E-state index in [0.29, 0.717) is 6.61 Å². The van der Waals surface area contributed by atoms with Crippen LogP contribution in [0.4, 0.5) is 0 Å². The van der Waals surface area contributed by atoms with Gasteiger partial charge in [-0.1, -0.05) is 6.58 Å². The number of esters is 1. The van der Waals surface area contributed by atoms with Crippen LogP contribution in [-0.2, 0) is 9.53 Å². The van der Waals surface area contributed by atoms with E-state index >= 15 is 0 Å². The van der Waals surface area contributed by atoms with E-state index in [0.717, 1.165) is 11.0 Å². The molecule has 0 aliphatic carbocycles. The molecule has 5 heteroatoms. The highest BCUT2D eigenvalue weighted by Gasteiger charge is 2.15. The standard InChI is InChI=1S/C9H14O2S3/c1-2-9(10)11-3-4-12-5-8-6-13-7-14-8/h2,8H,1,3-7H2. The van der Waals surface area contributed by atoms with Gasteiger partial charge in [0.25, 0.3) is 0 Å². The Balaban J connectivity index is 1.88. The Bertz CT molecular complexity index is 190. The van der Waals surface area contributed by atoms with E-state index in [4.69, 9.17) is 4.74 Å². The summed E-state index contributed by atoms with van der Waals surface area (Å²) in [4.78, 5) is 10.7. The first-order valence-corrected chi connectivity index (χ1v) is 7.75. The van der Waals surface area contributed by atoms with Gasteiger partial charge in [0, 0.05) is 33.7 Å². The maximum absolute atomic E-state index is 10.7. The van der Waals surface area contributed by atoms with Crippen LogP contribution in [0.25, 0.3) is 0 Å². The molecule has 0 aromatic heterocycles. The van der Waals surface area contributed by atoms with E-state index in [2.05, 4.69) is 6.58 Å². The van der Waals surface area contributed by atoms with Crippen molar-refractivity contribution in [1.29, 1.82) is 0 Å². The van der Waals surface area contributed by atoms with Crippen molar-refractivity contribution in [3.8, 4) is 0 Å². The summed E-state index contributed by atoms with van der Waals surface area (Å²) < 4.78 is 4.87. The molecule has 2 nitrogen and oxygen atoms in total. The summed E-state index contributed by atoms with van der Waals surface area (Å²) in [5.41, 5.74) is 0. The maximum Gasteiger partial charge on any atom is 0.330 e. The first kappa shape index (κ1) is 12.3. The lowest BCUT2D eigenvalue weighted by atomic mass is 10.5. The molecule has 0 amide bonds. The average Bonchev–Trinajstić information content (AvgIpc) is 2.69. The Morgan fingerprint density at radius 1 is 1.71 bits per heavy atom. The third kappa shape index (κ3) is 5.22. The quantitative estimate of drug-likeness (QED) is 0.409. The van der Waals surface area contributed by atoms with Crippen molar-refractivity contribution in [2.45, 2.75) is 5.25 Å². The molecule has 1 aliphatic heterocycles. The van der Waals surface area contributed by atoms with Gasteiger partial charge in [-0.05, 0) is 0 Å². The van der Waals surface area contributed by atoms with Crippen molar-refractivity contribution in [3.05, 3.63) is 12.7 Å². The van der Waals surface area contributed by atoms with Crippen LogP contribution in [0.15, 0.2) is 12.7 Å². The van der Waals surface area contributed by atoms with Gasteiger partial charge in [-0.2, -0.15) is 11.8 Å². The topological polar surface area (TPSA) is 26.3 Å². The van der Waals surface area contributed by atoms with Crippen LogP contribution < -0.4 is 0 Å². The molecule has 14 heavy (non-hydrogen) atoms. The van der Waals surface area contributed by atoms with Gasteiger partial charge in [0.15, 0.2) is 0 Å². The number of hydrogen-bond donors (Lipinski definition) is 0. The smallest absolute Gasteiger partial charge is 0.330 e. The monoisotopic (exact) mass is 250 g/mol. The molecular formula is C9H14O2S3. The number of ether oxygens (including phenoxy) is 1. The fourth-order valence-electron chi connectivity index (χ4n) is 0.943. The predicted molar refractivity (Wildman–Crippen MR) is 67.2 cm³/mol. The Kier molecular flexibility index (Phi) is 6.64. The largest absolute Gasteiger partial charge is 0.462 e. The van der Waals surface area contributed by atoms with Gasteiger partial charge in [0.1, 0.15) is 6.61 Å². The third-order valence-electron chi connectivity index (χ3n) is 1.63. The molecule has 1 fully saturated rings. The summed E-state index contributed by atoms with van der Waals surface area (Å²) in [6.07, 6.45) is 1.20. The summed E-state index contributed by atoms with van der Waals surface area (Å²) in [5, 5.41) is 2.02. The number of rotatable bonds is 6. The zero-order chi connectivity index (χ0) is 10.2. The van der Waals surface area contributed by atoms with Gasteiger partial charge >= 0.3 is 5.97 Å². The van der Waals surface area contributed by atoms with E-state index in [-0.39, 0.29) is 5.97 Å². The highest BCUT2D eigenvalue weighted by Crippen LogP contribution is 2.31. The molecule has 1 unspecified atom stereocenters. The van der Waals surface area contributed by atoms with Gasteiger partial charge in [-0.3, -0.25) is 0 Å². The van der Waals surface area contributed by atoms with Crippen molar-refractivity contribution < 1.29 is 9.53 Å². The summed E-state index contributed by atoms with van der Waals surface area (Å²) in [7, 11) is 0. The molecule has 80 valence electrons. The highest BCUT2D eigenvalue weighted by atomic mass is 32.2. The lowest BCUT2D eigenvalue weighted by Gasteiger charge is -2.06. The van der Waals surface area contributed by atoms with Crippen LogP contribution in [0.3, 0.4) is 0 Å². The second-order valence-corrected chi connectivity index (χ2v) is 6.56. The van der Waals surface area contributed by atoms with Gasteiger partial charge < -0.3 is 4.74 Å². The molecule has 1 heterocycles. The van der Waals surface area contributed by atoms with Crippen LogP contribution >= 0.6 is 35.3 Å². The summed E-state index contributed by atoms with van der Waals surface area (Å²) in [6, 6.07) is 0. The second kappa shape index (κ2) is 7.54. The summed E-state index contributed by atoms with van der Waals surface area (Å²) in [5.74, 6) is 3.01. The van der Waals surface area contributed by atoms with Crippen LogP contribution in [0.2, 0.25) is 0 Å². The second-order valence-electron chi connectivity index (χ2n) is 2.72. The lowest BCUT2D eigenvalue weighted by molar-refractivity contribution is -0.137. The summed E-state index contributed by atoms with van der Waals surface area (Å²) in [6.45, 7) is 3.84. The fourth-order valence-corrected chi connectivity index (χ4v) is 5.11. The Morgan fingerprint density at radius 3 is 3.21 bits per heavy atom. The minimum Gasteiger partial charge on any atom is -0.462 e. The Morgan fingerprint density at radius 2 is 2.57 bits per heavy atom. The maximum atomic E-state index is 10.7. The molecule has 0 aromatic carbocycles. The van der Waals surface area contributed by atoms with Crippen molar-refractivity contribution in [1.82, 2.24) is 0 Å². The third-order valence-corrected chi connectivity index (χ3v) is 5.80. The molecule has 0 saturated carbocycles. The number of carbonyl (C=O) groups excluding carboxylic acids is 1. The van der Waals surface area contributed by atoms with Crippen LogP contribution in [0.5, 0.6) is 0 Å². The van der Waals surface area contributed by atoms with Gasteiger partial charge in [-0.25, -0.2) is 4.79 Å². The van der Waals surface area contributed by atoms with Gasteiger partial charge in [-0.15, -0.1) is 23.5 Å². The summed E-state index contributed by atoms with van der Waals surface area (Å²) >= 11 is 5.89. The molecule has 0 radical (unpaired) electrons. The van der Waals surface area contributed by atoms with E-state index in [1.165, 1.54) is 22.7 Å². The molecule has 1 aliphatic rings. The van der Waals surface area contributed by atoms with Crippen LogP contribution in [-0.4, -0.2) is 40.2 Å². The van der Waals surface area contributed by atoms with E-state index in [1.807, 2.05) is 35.3 Å². The first-order chi connectivity index (χ1) is 6.83. The Labute approximate surface area is 97.6 Å². The zero-order valence-corrected chi connectivity index (χ0v) is 10.4. The minimum atomic E-state index is -0.323. The molecular weight excluding hydrogens is 236 g/mol. The zero-order valence-electron chi connectivity index (χ0n) is 7.94. The lowest BCUT2D eigenvalue weighted by Crippen LogP contribution is -2.08. The molecule has 0 spiro atoms. The van der Waals surface area contributed by atoms with Crippen molar-refractivity contribution >= 4 is 41.3 Å². The van der Waals surface area contributed by atoms with E-state index in [1.54, 1.807) is 0 Å². The highest BCUT2D eigenvalue weighted by molar-refractivity contribution is 8.19. The minimum absolute atomic E-state index is 0.323. The predicted octanol–water partition coefficient (Wildman–Crippen LogP) is 2.25. The molecule has 1 saturated heterocycles. The molecule has 0 N–H and O–H groups in total. The van der Waals surface area contributed by atoms with Crippen LogP contribution in [0, 0.1) is 0 Å². The van der Waals surface area contributed by atoms with E-state index in [9.17, 15) is 4.79 Å². The SMILES string of the molecule is C=CC(=O)OCCSCC1CSCS1. The average molecular weight is 250 g/mol. The van der Waals surface area contributed by atoms with Crippen molar-refractivity contribution in [2.24, 2.45) is 0 Å². The van der Waals surface area contributed by atoms with E-state index < -0.39 is 0 Å². The van der Waals surface area contributed by atoms with Gasteiger partial charge in [0.2, 0.25) is 0 Å². The number of carbonyl (C=O) groups is 1. The van der Waals surface area contributed by atoms with Crippen LogP contribution in [0.1, 0.15) is 0 Å². The first-order valence-electron chi connectivity index (χ1n) is 4.39. The molecule has 0 bridgehead atoms. The number of hydrogen-bond acceptors (Lipinski definition) is 5. The molecule has 0 aromatic rings. The van der Waals surface area contributed by atoms with Gasteiger partial charge in [0.05, 0.1) is 0 Å². The normalized spacial score (nSPS) is 20.7. The van der Waals surface area contributed by atoms with Crippen molar-refractivity contribution in [3.63, 3.8) is 0 Å². The fraction of sp³-hybridized carbons (Fsp3) is 0.667. The Hall–Kier alpha value is 0.260.